The molecular formula is C13H21NO. The lowest BCUT2D eigenvalue weighted by molar-refractivity contribution is 0.266. The molecule has 1 rings (SSSR count). The summed E-state index contributed by atoms with van der Waals surface area (Å²) < 4.78 is 0. The Bertz CT molecular complexity index is 280. The summed E-state index contributed by atoms with van der Waals surface area (Å²) in [6.45, 7) is 7.60. The maximum atomic E-state index is 9.37. The van der Waals surface area contributed by atoms with E-state index in [1.54, 1.807) is 6.07 Å². The topological polar surface area (TPSA) is 23.5 Å². The van der Waals surface area contributed by atoms with Gasteiger partial charge >= 0.3 is 0 Å². The third kappa shape index (κ3) is 4.34. The summed E-state index contributed by atoms with van der Waals surface area (Å²) in [4.78, 5) is 2.43. The van der Waals surface area contributed by atoms with Crippen LogP contribution in [0, 0.1) is 0 Å². The molecule has 2 nitrogen and oxygen atoms in total. The van der Waals surface area contributed by atoms with E-state index in [2.05, 4.69) is 24.8 Å². The number of rotatable bonds is 6. The molecule has 0 spiro atoms. The van der Waals surface area contributed by atoms with Gasteiger partial charge in [-0.1, -0.05) is 26.0 Å². The van der Waals surface area contributed by atoms with Gasteiger partial charge in [-0.2, -0.15) is 0 Å². The molecular weight excluding hydrogens is 186 g/mol. The van der Waals surface area contributed by atoms with Gasteiger partial charge in [0.2, 0.25) is 0 Å². The van der Waals surface area contributed by atoms with Gasteiger partial charge in [-0.25, -0.2) is 0 Å². The largest absolute Gasteiger partial charge is 0.508 e. The van der Waals surface area contributed by atoms with Crippen molar-refractivity contribution in [2.24, 2.45) is 0 Å². The van der Waals surface area contributed by atoms with Crippen molar-refractivity contribution in [1.82, 2.24) is 4.90 Å². The van der Waals surface area contributed by atoms with Crippen molar-refractivity contribution < 1.29 is 5.11 Å². The zero-order chi connectivity index (χ0) is 11.1. The van der Waals surface area contributed by atoms with Gasteiger partial charge in [0.1, 0.15) is 5.75 Å². The van der Waals surface area contributed by atoms with Crippen LogP contribution in [0.2, 0.25) is 0 Å². The molecule has 0 radical (unpaired) electrons. The summed E-state index contributed by atoms with van der Waals surface area (Å²) in [6, 6.07) is 7.53. The molecule has 0 aromatic heterocycles. The van der Waals surface area contributed by atoms with Crippen LogP contribution in [0.3, 0.4) is 0 Å². The first-order valence-electron chi connectivity index (χ1n) is 5.76. The van der Waals surface area contributed by atoms with Crippen molar-refractivity contribution in [1.29, 1.82) is 0 Å². The maximum Gasteiger partial charge on any atom is 0.115 e. The quantitative estimate of drug-likeness (QED) is 0.775. The molecule has 0 amide bonds. The molecule has 2 heteroatoms. The Morgan fingerprint density at radius 1 is 1.13 bits per heavy atom. The van der Waals surface area contributed by atoms with E-state index in [1.165, 1.54) is 18.4 Å². The van der Waals surface area contributed by atoms with Crippen LogP contribution in [0.15, 0.2) is 24.3 Å². The minimum atomic E-state index is 0.362. The van der Waals surface area contributed by atoms with Crippen molar-refractivity contribution in [3.8, 4) is 5.75 Å². The molecule has 0 aliphatic heterocycles. The summed E-state index contributed by atoms with van der Waals surface area (Å²) in [5.74, 6) is 0.362. The molecule has 0 bridgehead atoms. The summed E-state index contributed by atoms with van der Waals surface area (Å²) in [6.07, 6.45) is 2.36. The molecule has 0 saturated heterocycles. The normalized spacial score (nSPS) is 10.9. The fraction of sp³-hybridized carbons (Fsp3) is 0.538. The van der Waals surface area contributed by atoms with Crippen molar-refractivity contribution in [3.05, 3.63) is 29.8 Å². The second kappa shape index (κ2) is 6.46. The van der Waals surface area contributed by atoms with Crippen molar-refractivity contribution >= 4 is 0 Å². The summed E-state index contributed by atoms with van der Waals surface area (Å²) in [5.41, 5.74) is 1.19. The van der Waals surface area contributed by atoms with E-state index in [-0.39, 0.29) is 0 Å². The van der Waals surface area contributed by atoms with Crippen LogP contribution in [0.4, 0.5) is 0 Å². The van der Waals surface area contributed by atoms with Crippen LogP contribution in [0.1, 0.15) is 32.3 Å². The Balaban J connectivity index is 2.56. The fourth-order valence-electron chi connectivity index (χ4n) is 1.82. The van der Waals surface area contributed by atoms with Crippen LogP contribution in [-0.4, -0.2) is 23.1 Å². The first-order chi connectivity index (χ1) is 7.26. The molecule has 1 aromatic carbocycles. The lowest BCUT2D eigenvalue weighted by atomic mass is 10.2. The Labute approximate surface area is 92.5 Å². The van der Waals surface area contributed by atoms with Gasteiger partial charge in [-0.3, -0.25) is 4.90 Å². The van der Waals surface area contributed by atoms with E-state index >= 15 is 0 Å². The lowest BCUT2D eigenvalue weighted by Crippen LogP contribution is -2.24. The van der Waals surface area contributed by atoms with E-state index in [4.69, 9.17) is 0 Å². The van der Waals surface area contributed by atoms with Gasteiger partial charge < -0.3 is 5.11 Å². The van der Waals surface area contributed by atoms with Gasteiger partial charge in [0.25, 0.3) is 0 Å². The average Bonchev–Trinajstić information content (AvgIpc) is 2.18. The number of hydrogen-bond donors (Lipinski definition) is 1. The Kier molecular flexibility index (Phi) is 5.19. The van der Waals surface area contributed by atoms with Crippen LogP contribution in [-0.2, 0) is 6.54 Å². The molecule has 0 unspecified atom stereocenters. The van der Waals surface area contributed by atoms with Gasteiger partial charge in [0.15, 0.2) is 0 Å². The minimum absolute atomic E-state index is 0.362. The van der Waals surface area contributed by atoms with Gasteiger partial charge in [-0.15, -0.1) is 0 Å². The van der Waals surface area contributed by atoms with Crippen LogP contribution in [0.25, 0.3) is 0 Å². The number of benzene rings is 1. The molecule has 0 fully saturated rings. The second-order valence-electron chi connectivity index (χ2n) is 3.95. The molecule has 15 heavy (non-hydrogen) atoms. The van der Waals surface area contributed by atoms with E-state index in [9.17, 15) is 5.11 Å². The highest BCUT2D eigenvalue weighted by Crippen LogP contribution is 2.13. The van der Waals surface area contributed by atoms with E-state index in [0.29, 0.717) is 5.75 Å². The summed E-state index contributed by atoms with van der Waals surface area (Å²) in [5, 5.41) is 9.37. The third-order valence-corrected chi connectivity index (χ3v) is 2.40. The predicted octanol–water partition coefficient (Wildman–Crippen LogP) is 3.01. The lowest BCUT2D eigenvalue weighted by Gasteiger charge is -2.20. The molecule has 1 N–H and O–H groups in total. The minimum Gasteiger partial charge on any atom is -0.508 e. The first-order valence-corrected chi connectivity index (χ1v) is 5.76. The number of aromatic hydroxyl groups is 1. The Hall–Kier alpha value is -1.02. The van der Waals surface area contributed by atoms with E-state index < -0.39 is 0 Å². The molecule has 0 aliphatic carbocycles. The van der Waals surface area contributed by atoms with Crippen molar-refractivity contribution in [3.63, 3.8) is 0 Å². The maximum absolute atomic E-state index is 9.37. The monoisotopic (exact) mass is 207 g/mol. The van der Waals surface area contributed by atoms with Gasteiger partial charge in [0, 0.05) is 6.54 Å². The van der Waals surface area contributed by atoms with Crippen molar-refractivity contribution in [2.75, 3.05) is 13.1 Å². The Morgan fingerprint density at radius 2 is 1.80 bits per heavy atom. The van der Waals surface area contributed by atoms with E-state index in [0.717, 1.165) is 19.6 Å². The fourth-order valence-corrected chi connectivity index (χ4v) is 1.82. The summed E-state index contributed by atoms with van der Waals surface area (Å²) in [7, 11) is 0. The highest BCUT2D eigenvalue weighted by molar-refractivity contribution is 5.26. The SMILES string of the molecule is CCCN(CCC)Cc1cccc(O)c1. The number of phenolic OH excluding ortho intramolecular Hbond substituents is 1. The molecule has 1 aromatic rings. The summed E-state index contributed by atoms with van der Waals surface area (Å²) >= 11 is 0. The third-order valence-electron chi connectivity index (χ3n) is 2.40. The van der Waals surface area contributed by atoms with Crippen LogP contribution < -0.4 is 0 Å². The van der Waals surface area contributed by atoms with Crippen LogP contribution in [0.5, 0.6) is 5.75 Å². The highest BCUT2D eigenvalue weighted by Gasteiger charge is 2.03. The smallest absolute Gasteiger partial charge is 0.115 e. The average molecular weight is 207 g/mol. The van der Waals surface area contributed by atoms with Crippen LogP contribution >= 0.6 is 0 Å². The number of nitrogens with zero attached hydrogens (tertiary/aromatic N) is 1. The second-order valence-corrected chi connectivity index (χ2v) is 3.95. The first kappa shape index (κ1) is 12.1. The molecule has 84 valence electrons. The molecule has 0 heterocycles. The number of phenols is 1. The van der Waals surface area contributed by atoms with Gasteiger partial charge in [0.05, 0.1) is 0 Å². The van der Waals surface area contributed by atoms with Crippen molar-refractivity contribution in [2.45, 2.75) is 33.2 Å². The zero-order valence-electron chi connectivity index (χ0n) is 9.74. The molecule has 0 aliphatic rings. The predicted molar refractivity (Wildman–Crippen MR) is 64.0 cm³/mol. The molecule has 0 saturated carbocycles. The van der Waals surface area contributed by atoms with E-state index in [1.807, 2.05) is 12.1 Å². The number of hydrogen-bond acceptors (Lipinski definition) is 2. The zero-order valence-corrected chi connectivity index (χ0v) is 9.74. The van der Waals surface area contributed by atoms with Gasteiger partial charge in [-0.05, 0) is 43.6 Å². The Morgan fingerprint density at radius 3 is 2.33 bits per heavy atom. The molecule has 0 atom stereocenters. The standard InChI is InChI=1S/C13H21NO/c1-3-8-14(9-4-2)11-12-6-5-7-13(15)10-12/h5-7,10,15H,3-4,8-9,11H2,1-2H3. The highest BCUT2D eigenvalue weighted by atomic mass is 16.3.